The smallest absolute Gasteiger partial charge is 0.00141 e. The third kappa shape index (κ3) is 5.44. The number of hydrogen-bond donors (Lipinski definition) is 0. The lowest BCUT2D eigenvalue weighted by molar-refractivity contribution is 0.964. The van der Waals surface area contributed by atoms with Gasteiger partial charge in [0.15, 0.2) is 0 Å². The summed E-state index contributed by atoms with van der Waals surface area (Å²) in [6.07, 6.45) is 24.3. The molecule has 0 bridgehead atoms. The van der Waals surface area contributed by atoms with E-state index in [4.69, 9.17) is 6.58 Å². The Morgan fingerprint density at radius 1 is 0.875 bits per heavy atom. The number of benzene rings is 4. The van der Waals surface area contributed by atoms with Crippen molar-refractivity contribution in [2.75, 3.05) is 0 Å². The van der Waals surface area contributed by atoms with Crippen LogP contribution in [0.1, 0.15) is 81.5 Å². The van der Waals surface area contributed by atoms with Gasteiger partial charge >= 0.3 is 0 Å². The van der Waals surface area contributed by atoms with Gasteiger partial charge in [0.1, 0.15) is 0 Å². The average molecular weight is 623 g/mol. The van der Waals surface area contributed by atoms with Gasteiger partial charge < -0.3 is 0 Å². The molecule has 48 heavy (non-hydrogen) atoms. The first-order chi connectivity index (χ1) is 23.4. The summed E-state index contributed by atoms with van der Waals surface area (Å²) < 4.78 is 0. The summed E-state index contributed by atoms with van der Waals surface area (Å²) in [6.45, 7) is 18.2. The maximum atomic E-state index is 4.96. The minimum Gasteiger partial charge on any atom is -0.0991 e. The summed E-state index contributed by atoms with van der Waals surface area (Å²) in [5.74, 6) is 0. The SMILES string of the molecule is C=C/C=C\c1c(C)c(C(=C)C2=C(/C(C)=C(/C)CC)CC3=C2CCC=C3)c2ccccc2c1-c1cccc2cc(C3=CCCC=C3)ccc12. The Kier molecular flexibility index (Phi) is 8.76. The normalized spacial score (nSPS) is 16.6. The fraction of sp³-hybridized carbons (Fsp3) is 0.208. The molecule has 0 unspecified atom stereocenters. The predicted octanol–water partition coefficient (Wildman–Crippen LogP) is 14.0. The van der Waals surface area contributed by atoms with Crippen molar-refractivity contribution in [1.29, 1.82) is 0 Å². The lowest BCUT2D eigenvalue weighted by Gasteiger charge is -2.24. The van der Waals surface area contributed by atoms with E-state index >= 15 is 0 Å². The Hall–Kier alpha value is -4.94. The van der Waals surface area contributed by atoms with Crippen LogP contribution in [-0.2, 0) is 0 Å². The summed E-state index contributed by atoms with van der Waals surface area (Å²) in [7, 11) is 0. The molecule has 0 atom stereocenters. The van der Waals surface area contributed by atoms with Crippen molar-refractivity contribution in [2.24, 2.45) is 0 Å². The molecule has 0 N–H and O–H groups in total. The quantitative estimate of drug-likeness (QED) is 0.172. The molecule has 0 amide bonds. The van der Waals surface area contributed by atoms with Crippen LogP contribution in [0.25, 0.3) is 49.9 Å². The molecule has 7 rings (SSSR count). The van der Waals surface area contributed by atoms with Crippen LogP contribution in [0, 0.1) is 6.92 Å². The summed E-state index contributed by atoms with van der Waals surface area (Å²) in [5, 5.41) is 5.05. The van der Waals surface area contributed by atoms with Crippen LogP contribution >= 0.6 is 0 Å². The van der Waals surface area contributed by atoms with E-state index in [0.29, 0.717) is 0 Å². The first-order valence-corrected chi connectivity index (χ1v) is 17.7. The third-order valence-corrected chi connectivity index (χ3v) is 10.9. The second-order valence-corrected chi connectivity index (χ2v) is 13.5. The van der Waals surface area contributed by atoms with E-state index in [0.717, 1.165) is 44.1 Å². The van der Waals surface area contributed by atoms with Crippen LogP contribution in [0.4, 0.5) is 0 Å². The lowest BCUT2D eigenvalue weighted by Crippen LogP contribution is -2.03. The molecule has 0 heterocycles. The van der Waals surface area contributed by atoms with Gasteiger partial charge in [-0.1, -0.05) is 129 Å². The first kappa shape index (κ1) is 31.6. The summed E-state index contributed by atoms with van der Waals surface area (Å²) in [6, 6.07) is 22.7. The van der Waals surface area contributed by atoms with Gasteiger partial charge in [-0.2, -0.15) is 0 Å². The average Bonchev–Trinajstić information content (AvgIpc) is 3.52. The van der Waals surface area contributed by atoms with Crippen LogP contribution in [0.3, 0.4) is 0 Å². The van der Waals surface area contributed by atoms with Gasteiger partial charge in [-0.05, 0) is 159 Å². The molecule has 0 aliphatic heterocycles. The number of hydrogen-bond acceptors (Lipinski definition) is 0. The molecule has 0 radical (unpaired) electrons. The molecule has 0 saturated carbocycles. The Labute approximate surface area is 287 Å². The molecule has 4 aromatic carbocycles. The van der Waals surface area contributed by atoms with Crippen LogP contribution < -0.4 is 0 Å². The van der Waals surface area contributed by atoms with Crippen LogP contribution in [0.15, 0.2) is 150 Å². The predicted molar refractivity (Wildman–Crippen MR) is 212 cm³/mol. The van der Waals surface area contributed by atoms with E-state index in [1.54, 1.807) is 0 Å². The minimum atomic E-state index is 0.992. The molecular weight excluding hydrogens is 577 g/mol. The highest BCUT2D eigenvalue weighted by Gasteiger charge is 2.30. The Morgan fingerprint density at radius 3 is 2.46 bits per heavy atom. The molecule has 0 nitrogen and oxygen atoms in total. The van der Waals surface area contributed by atoms with Gasteiger partial charge in [-0.3, -0.25) is 0 Å². The molecule has 0 spiro atoms. The van der Waals surface area contributed by atoms with Gasteiger partial charge in [0, 0.05) is 0 Å². The summed E-state index contributed by atoms with van der Waals surface area (Å²) in [5.41, 5.74) is 18.7. The molecule has 4 aromatic rings. The molecule has 3 aliphatic rings. The monoisotopic (exact) mass is 622 g/mol. The van der Waals surface area contributed by atoms with Gasteiger partial charge in [-0.25, -0.2) is 0 Å². The van der Waals surface area contributed by atoms with Crippen molar-refractivity contribution in [1.82, 2.24) is 0 Å². The molecule has 3 aliphatic carbocycles. The minimum absolute atomic E-state index is 0.992. The maximum absolute atomic E-state index is 4.96. The van der Waals surface area contributed by atoms with Crippen molar-refractivity contribution in [2.45, 2.75) is 66.2 Å². The van der Waals surface area contributed by atoms with E-state index in [2.05, 4.69) is 137 Å². The largest absolute Gasteiger partial charge is 0.0991 e. The highest BCUT2D eigenvalue weighted by Crippen LogP contribution is 2.50. The molecule has 0 aromatic heterocycles. The van der Waals surface area contributed by atoms with Crippen molar-refractivity contribution in [3.63, 3.8) is 0 Å². The van der Waals surface area contributed by atoms with E-state index in [-0.39, 0.29) is 0 Å². The van der Waals surface area contributed by atoms with Crippen molar-refractivity contribution >= 4 is 38.8 Å². The molecular formula is C48H46. The topological polar surface area (TPSA) is 0 Å². The lowest BCUT2D eigenvalue weighted by atomic mass is 9.79. The molecule has 238 valence electrons. The van der Waals surface area contributed by atoms with Crippen LogP contribution in [0.5, 0.6) is 0 Å². The zero-order chi connectivity index (χ0) is 33.4. The zero-order valence-electron chi connectivity index (χ0n) is 29.0. The first-order valence-electron chi connectivity index (χ1n) is 17.7. The number of rotatable bonds is 8. The molecule has 0 saturated heterocycles. The summed E-state index contributed by atoms with van der Waals surface area (Å²) >= 11 is 0. The Morgan fingerprint density at radius 2 is 1.69 bits per heavy atom. The standard InChI is InChI=1S/C48H46/c1-7-9-22-39-33(5)46(34(6)47-41-23-14-13-20-38(41)30-45(47)32(4)31(3)8-2)43-24-15-16-25-44(43)48(39)42-26-17-21-37-29-36(27-28-40(37)42)35-18-11-10-12-19-35/h7,9,11,13,15-22,24-29H,1,6,8,10,12,14,23,30H2,2-5H3/b22-9-,32-31-. The highest BCUT2D eigenvalue weighted by atomic mass is 14.3. The van der Waals surface area contributed by atoms with E-state index < -0.39 is 0 Å². The van der Waals surface area contributed by atoms with Crippen molar-refractivity contribution in [3.05, 3.63) is 172 Å². The zero-order valence-corrected chi connectivity index (χ0v) is 29.0. The maximum Gasteiger partial charge on any atom is -0.00141 e. The molecule has 0 heteroatoms. The Bertz CT molecular complexity index is 2230. The van der Waals surface area contributed by atoms with Crippen molar-refractivity contribution in [3.8, 4) is 11.1 Å². The number of fused-ring (bicyclic) bond motifs is 2. The van der Waals surface area contributed by atoms with E-state index in [1.165, 1.54) is 93.9 Å². The van der Waals surface area contributed by atoms with Crippen molar-refractivity contribution < 1.29 is 0 Å². The third-order valence-electron chi connectivity index (χ3n) is 10.9. The van der Waals surface area contributed by atoms with Gasteiger partial charge in [0.25, 0.3) is 0 Å². The van der Waals surface area contributed by atoms with Gasteiger partial charge in [0.05, 0.1) is 0 Å². The van der Waals surface area contributed by atoms with Gasteiger partial charge in [0.2, 0.25) is 0 Å². The Balaban J connectivity index is 1.49. The van der Waals surface area contributed by atoms with Crippen LogP contribution in [0.2, 0.25) is 0 Å². The summed E-state index contributed by atoms with van der Waals surface area (Å²) in [4.78, 5) is 0. The fourth-order valence-corrected chi connectivity index (χ4v) is 8.11. The fourth-order valence-electron chi connectivity index (χ4n) is 8.11. The van der Waals surface area contributed by atoms with E-state index in [9.17, 15) is 0 Å². The molecule has 0 fully saturated rings. The second-order valence-electron chi connectivity index (χ2n) is 13.5. The van der Waals surface area contributed by atoms with Crippen LogP contribution in [-0.4, -0.2) is 0 Å². The second kappa shape index (κ2) is 13.3. The van der Waals surface area contributed by atoms with E-state index in [1.807, 2.05) is 6.08 Å². The number of allylic oxidation sites excluding steroid dienone is 15. The highest BCUT2D eigenvalue weighted by molar-refractivity contribution is 6.13. The van der Waals surface area contributed by atoms with Gasteiger partial charge in [-0.15, -0.1) is 0 Å².